The van der Waals surface area contributed by atoms with Crippen LogP contribution in [-0.2, 0) is 0 Å². The van der Waals surface area contributed by atoms with Crippen molar-refractivity contribution in [1.29, 1.82) is 0 Å². The zero-order valence-corrected chi connectivity index (χ0v) is 18.9. The van der Waals surface area contributed by atoms with Crippen molar-refractivity contribution in [2.45, 2.75) is 50.9 Å². The number of rotatable bonds is 6. The van der Waals surface area contributed by atoms with E-state index in [0.717, 1.165) is 44.2 Å². The smallest absolute Gasteiger partial charge is 0.349 e. The van der Waals surface area contributed by atoms with Crippen LogP contribution in [0.15, 0.2) is 60.7 Å². The van der Waals surface area contributed by atoms with Gasteiger partial charge in [-0.15, -0.1) is 0 Å². The molecule has 6 heteroatoms. The predicted octanol–water partition coefficient (Wildman–Crippen LogP) is 7.93. The summed E-state index contributed by atoms with van der Waals surface area (Å²) < 4.78 is 60.6. The Morgan fingerprint density at radius 3 is 2.12 bits per heavy atom. The molecule has 1 saturated carbocycles. The van der Waals surface area contributed by atoms with E-state index in [0.29, 0.717) is 23.5 Å². The highest BCUT2D eigenvalue weighted by Gasteiger charge is 2.27. The summed E-state index contributed by atoms with van der Waals surface area (Å²) >= 11 is 0. The van der Waals surface area contributed by atoms with E-state index >= 15 is 0 Å². The summed E-state index contributed by atoms with van der Waals surface area (Å²) in [7, 11) is 0. The number of ether oxygens (including phenoxy) is 1. The fourth-order valence-electron chi connectivity index (χ4n) is 4.87. The molecule has 178 valence electrons. The van der Waals surface area contributed by atoms with Gasteiger partial charge in [-0.3, -0.25) is 0 Å². The fourth-order valence-corrected chi connectivity index (χ4v) is 4.87. The van der Waals surface area contributed by atoms with E-state index < -0.39 is 34.8 Å². The lowest BCUT2D eigenvalue weighted by Crippen LogP contribution is -2.17. The van der Waals surface area contributed by atoms with Crippen LogP contribution >= 0.6 is 0 Å². The molecule has 4 rings (SSSR count). The monoisotopic (exact) mass is 470 g/mol. The average Bonchev–Trinajstić information content (AvgIpc) is 2.82. The first-order valence-electron chi connectivity index (χ1n) is 11.5. The Morgan fingerprint density at radius 1 is 0.853 bits per heavy atom. The first-order chi connectivity index (χ1) is 16.3. The highest BCUT2D eigenvalue weighted by molar-refractivity contribution is 5.91. The largest absolute Gasteiger partial charge is 0.423 e. The van der Waals surface area contributed by atoms with Crippen molar-refractivity contribution in [3.05, 3.63) is 101 Å². The van der Waals surface area contributed by atoms with Gasteiger partial charge in [0.15, 0.2) is 11.6 Å². The number of hydrogen-bond acceptors (Lipinski definition) is 2. The lowest BCUT2D eigenvalue weighted by Gasteiger charge is -2.30. The van der Waals surface area contributed by atoms with Gasteiger partial charge in [-0.25, -0.2) is 22.4 Å². The third-order valence-electron chi connectivity index (χ3n) is 6.74. The molecular formula is C28H26F4O2. The van der Waals surface area contributed by atoms with Crippen LogP contribution in [0, 0.1) is 29.2 Å². The second-order valence-electron chi connectivity index (χ2n) is 9.09. The quantitative estimate of drug-likeness (QED) is 0.208. The van der Waals surface area contributed by atoms with Crippen molar-refractivity contribution < 1.29 is 27.1 Å². The third kappa shape index (κ3) is 5.49. The SMILES string of the molecule is C[C@H](CC1CCC(c2cc(F)c(C(=O)Oc3ccc(F)c(F)c3)c(F)c2)CC1)c1ccccc1. The van der Waals surface area contributed by atoms with Crippen molar-refractivity contribution in [3.63, 3.8) is 0 Å². The topological polar surface area (TPSA) is 26.3 Å². The van der Waals surface area contributed by atoms with E-state index in [1.165, 1.54) is 17.7 Å². The molecule has 0 aliphatic heterocycles. The summed E-state index contributed by atoms with van der Waals surface area (Å²) in [5.41, 5.74) is 0.993. The Morgan fingerprint density at radius 2 is 1.50 bits per heavy atom. The molecule has 0 amide bonds. The molecule has 0 aromatic heterocycles. The van der Waals surface area contributed by atoms with Crippen LogP contribution in [0.4, 0.5) is 17.6 Å². The Bertz CT molecular complexity index is 1130. The van der Waals surface area contributed by atoms with Gasteiger partial charge in [-0.05, 0) is 85.3 Å². The highest BCUT2D eigenvalue weighted by atomic mass is 19.2. The van der Waals surface area contributed by atoms with Gasteiger partial charge in [0.05, 0.1) is 0 Å². The third-order valence-corrected chi connectivity index (χ3v) is 6.74. The molecule has 3 aromatic rings. The summed E-state index contributed by atoms with van der Waals surface area (Å²) in [5.74, 6) is -5.00. The molecule has 0 heterocycles. The minimum Gasteiger partial charge on any atom is -0.423 e. The molecule has 0 bridgehead atoms. The number of benzene rings is 3. The van der Waals surface area contributed by atoms with Crippen LogP contribution < -0.4 is 4.74 Å². The van der Waals surface area contributed by atoms with Crippen LogP contribution in [0.25, 0.3) is 0 Å². The Balaban J connectivity index is 1.39. The summed E-state index contributed by atoms with van der Waals surface area (Å²) in [6.07, 6.45) is 4.68. The maximum Gasteiger partial charge on any atom is 0.349 e. The number of hydrogen-bond donors (Lipinski definition) is 0. The van der Waals surface area contributed by atoms with E-state index in [2.05, 4.69) is 19.1 Å². The lowest BCUT2D eigenvalue weighted by atomic mass is 9.75. The first-order valence-corrected chi connectivity index (χ1v) is 11.5. The summed E-state index contributed by atoms with van der Waals surface area (Å²) in [5, 5.41) is 0. The van der Waals surface area contributed by atoms with Gasteiger partial charge in [-0.1, -0.05) is 37.3 Å². The van der Waals surface area contributed by atoms with Gasteiger partial charge in [0.1, 0.15) is 22.9 Å². The molecule has 1 atom stereocenters. The Hall–Kier alpha value is -3.15. The summed E-state index contributed by atoms with van der Waals surface area (Å²) in [4.78, 5) is 12.3. The van der Waals surface area contributed by atoms with Crippen LogP contribution in [0.5, 0.6) is 5.75 Å². The molecule has 0 spiro atoms. The van der Waals surface area contributed by atoms with Gasteiger partial charge >= 0.3 is 5.97 Å². The lowest BCUT2D eigenvalue weighted by molar-refractivity contribution is 0.0724. The maximum absolute atomic E-state index is 14.7. The average molecular weight is 471 g/mol. The molecular weight excluding hydrogens is 444 g/mol. The van der Waals surface area contributed by atoms with E-state index in [4.69, 9.17) is 4.74 Å². The molecule has 3 aromatic carbocycles. The molecule has 0 unspecified atom stereocenters. The van der Waals surface area contributed by atoms with Crippen molar-refractivity contribution in [2.24, 2.45) is 5.92 Å². The van der Waals surface area contributed by atoms with E-state index in [1.54, 1.807) is 0 Å². The molecule has 0 saturated heterocycles. The minimum absolute atomic E-state index is 0.0172. The molecule has 0 radical (unpaired) electrons. The molecule has 34 heavy (non-hydrogen) atoms. The number of carbonyl (C=O) groups is 1. The van der Waals surface area contributed by atoms with Crippen LogP contribution in [0.2, 0.25) is 0 Å². The van der Waals surface area contributed by atoms with Crippen LogP contribution in [0.3, 0.4) is 0 Å². The molecule has 1 fully saturated rings. The van der Waals surface area contributed by atoms with Crippen LogP contribution in [0.1, 0.15) is 72.3 Å². The van der Waals surface area contributed by atoms with Crippen molar-refractivity contribution in [2.75, 3.05) is 0 Å². The van der Waals surface area contributed by atoms with Gasteiger partial charge in [0.25, 0.3) is 0 Å². The van der Waals surface area contributed by atoms with Gasteiger partial charge in [0.2, 0.25) is 0 Å². The zero-order chi connectivity index (χ0) is 24.2. The number of halogens is 4. The second kappa shape index (κ2) is 10.4. The van der Waals surface area contributed by atoms with E-state index in [-0.39, 0.29) is 11.7 Å². The predicted molar refractivity (Wildman–Crippen MR) is 122 cm³/mol. The zero-order valence-electron chi connectivity index (χ0n) is 18.9. The standard InChI is InChI=1S/C28H26F4O2/c1-17(19-5-3-2-4-6-19)13-18-7-9-20(10-8-18)21-14-25(31)27(26(32)15-21)28(33)34-22-11-12-23(29)24(30)16-22/h2-6,11-12,14-18,20H,7-10,13H2,1H3/t17-,18?,20?/m1/s1. The van der Waals surface area contributed by atoms with Gasteiger partial charge in [0, 0.05) is 6.07 Å². The van der Waals surface area contributed by atoms with E-state index in [9.17, 15) is 22.4 Å². The minimum atomic E-state index is -1.30. The summed E-state index contributed by atoms with van der Waals surface area (Å²) in [6, 6.07) is 15.2. The summed E-state index contributed by atoms with van der Waals surface area (Å²) in [6.45, 7) is 2.23. The van der Waals surface area contributed by atoms with E-state index in [1.807, 2.05) is 18.2 Å². The normalized spacial score (nSPS) is 19.0. The molecule has 2 nitrogen and oxygen atoms in total. The van der Waals surface area contributed by atoms with Gasteiger partial charge < -0.3 is 4.74 Å². The second-order valence-corrected chi connectivity index (χ2v) is 9.09. The Labute approximate surface area is 196 Å². The van der Waals surface area contributed by atoms with Crippen molar-refractivity contribution in [1.82, 2.24) is 0 Å². The molecule has 1 aliphatic rings. The maximum atomic E-state index is 14.7. The number of carbonyl (C=O) groups excluding carboxylic acids is 1. The highest BCUT2D eigenvalue weighted by Crippen LogP contribution is 2.40. The van der Waals surface area contributed by atoms with Crippen molar-refractivity contribution in [3.8, 4) is 5.75 Å². The van der Waals surface area contributed by atoms with Gasteiger partial charge in [-0.2, -0.15) is 0 Å². The Kier molecular flexibility index (Phi) is 7.35. The van der Waals surface area contributed by atoms with Crippen LogP contribution in [-0.4, -0.2) is 5.97 Å². The molecule has 1 aliphatic carbocycles. The molecule has 0 N–H and O–H groups in total. The number of esters is 1. The fraction of sp³-hybridized carbons (Fsp3) is 0.321. The first kappa shape index (κ1) is 24.0. The van der Waals surface area contributed by atoms with Crippen molar-refractivity contribution >= 4 is 5.97 Å².